The Morgan fingerprint density at radius 1 is 1.22 bits per heavy atom. The van der Waals surface area contributed by atoms with E-state index in [1.165, 1.54) is 31.2 Å². The van der Waals surface area contributed by atoms with Gasteiger partial charge in [0.25, 0.3) is 0 Å². The van der Waals surface area contributed by atoms with Crippen LogP contribution in [0.4, 0.5) is 0 Å². The molecule has 1 aromatic rings. The quantitative estimate of drug-likeness (QED) is 0.791. The molecular formula is C16H22BrN. The number of allylic oxidation sites excluding steroid dienone is 1. The molecule has 98 valence electrons. The van der Waals surface area contributed by atoms with Crippen LogP contribution in [0, 0.1) is 0 Å². The number of rotatable bonds is 5. The molecule has 0 radical (unpaired) electrons. The van der Waals surface area contributed by atoms with E-state index in [2.05, 4.69) is 58.5 Å². The van der Waals surface area contributed by atoms with Crippen molar-refractivity contribution in [2.45, 2.75) is 45.1 Å². The highest BCUT2D eigenvalue weighted by molar-refractivity contribution is 9.10. The van der Waals surface area contributed by atoms with Gasteiger partial charge in [0.15, 0.2) is 0 Å². The molecule has 1 aliphatic rings. The van der Waals surface area contributed by atoms with Crippen molar-refractivity contribution in [3.05, 3.63) is 46.0 Å². The fourth-order valence-corrected chi connectivity index (χ4v) is 2.88. The lowest BCUT2D eigenvalue weighted by Crippen LogP contribution is -2.33. The number of hydrogen-bond donors (Lipinski definition) is 1. The molecule has 0 saturated carbocycles. The molecule has 0 aromatic heterocycles. The Bertz CT molecular complexity index is 394. The first-order valence-corrected chi connectivity index (χ1v) is 7.75. The number of likely N-dealkylation sites (N-methyl/N-ethyl adjacent to an activating group) is 1. The molecule has 0 fully saturated rings. The average Bonchev–Trinajstić information content (AvgIpc) is 2.42. The molecule has 1 unspecified atom stereocenters. The summed E-state index contributed by atoms with van der Waals surface area (Å²) in [6, 6.07) is 9.23. The Morgan fingerprint density at radius 3 is 2.61 bits per heavy atom. The van der Waals surface area contributed by atoms with Gasteiger partial charge in [-0.15, -0.1) is 0 Å². The highest BCUT2D eigenvalue weighted by atomic mass is 79.9. The Kier molecular flexibility index (Phi) is 5.45. The highest BCUT2D eigenvalue weighted by Gasteiger charge is 2.15. The van der Waals surface area contributed by atoms with Crippen molar-refractivity contribution in [3.8, 4) is 0 Å². The van der Waals surface area contributed by atoms with Crippen LogP contribution in [0.15, 0.2) is 40.4 Å². The van der Waals surface area contributed by atoms with E-state index in [9.17, 15) is 0 Å². The fourth-order valence-electron chi connectivity index (χ4n) is 2.62. The van der Waals surface area contributed by atoms with Crippen LogP contribution in [0.3, 0.4) is 0 Å². The van der Waals surface area contributed by atoms with E-state index in [0.29, 0.717) is 6.04 Å². The second-order valence-corrected chi connectivity index (χ2v) is 5.88. The standard InChI is InChI=1S/C16H22BrN/c1-2-18-16(14-6-4-3-5-7-14)12-13-8-10-15(17)11-9-13/h6,8-11,16,18H,2-5,7,12H2,1H3. The first-order valence-electron chi connectivity index (χ1n) is 6.96. The normalized spacial score (nSPS) is 17.3. The molecule has 0 amide bonds. The summed E-state index contributed by atoms with van der Waals surface area (Å²) in [6.07, 6.45) is 8.81. The fraction of sp³-hybridized carbons (Fsp3) is 0.500. The minimum atomic E-state index is 0.525. The van der Waals surface area contributed by atoms with Crippen LogP contribution in [0.5, 0.6) is 0 Å². The van der Waals surface area contributed by atoms with Crippen LogP contribution in [0.25, 0.3) is 0 Å². The molecule has 0 heterocycles. The van der Waals surface area contributed by atoms with Gasteiger partial charge < -0.3 is 5.32 Å². The van der Waals surface area contributed by atoms with Crippen molar-refractivity contribution in [1.82, 2.24) is 5.32 Å². The van der Waals surface area contributed by atoms with Crippen LogP contribution < -0.4 is 5.32 Å². The van der Waals surface area contributed by atoms with Gasteiger partial charge in [-0.1, -0.05) is 46.6 Å². The molecule has 0 saturated heterocycles. The molecule has 0 spiro atoms. The van der Waals surface area contributed by atoms with E-state index in [1.807, 2.05) is 0 Å². The lowest BCUT2D eigenvalue weighted by molar-refractivity contribution is 0.541. The van der Waals surface area contributed by atoms with E-state index in [0.717, 1.165) is 17.4 Å². The summed E-state index contributed by atoms with van der Waals surface area (Å²) in [5.74, 6) is 0. The monoisotopic (exact) mass is 307 g/mol. The Morgan fingerprint density at radius 2 is 2.00 bits per heavy atom. The number of hydrogen-bond acceptors (Lipinski definition) is 1. The zero-order chi connectivity index (χ0) is 12.8. The van der Waals surface area contributed by atoms with Crippen molar-refractivity contribution in [2.24, 2.45) is 0 Å². The third-order valence-electron chi connectivity index (χ3n) is 3.58. The van der Waals surface area contributed by atoms with E-state index in [4.69, 9.17) is 0 Å². The van der Waals surface area contributed by atoms with Crippen LogP contribution in [0.1, 0.15) is 38.2 Å². The van der Waals surface area contributed by atoms with Crippen molar-refractivity contribution >= 4 is 15.9 Å². The molecule has 1 aliphatic carbocycles. The van der Waals surface area contributed by atoms with Gasteiger partial charge in [0.1, 0.15) is 0 Å². The largest absolute Gasteiger partial charge is 0.310 e. The predicted molar refractivity (Wildman–Crippen MR) is 81.9 cm³/mol. The van der Waals surface area contributed by atoms with Gasteiger partial charge in [-0.05, 0) is 56.3 Å². The van der Waals surface area contributed by atoms with E-state index in [-0.39, 0.29) is 0 Å². The zero-order valence-corrected chi connectivity index (χ0v) is 12.7. The molecule has 0 aliphatic heterocycles. The minimum Gasteiger partial charge on any atom is -0.310 e. The van der Waals surface area contributed by atoms with Gasteiger partial charge in [0, 0.05) is 10.5 Å². The maximum Gasteiger partial charge on any atom is 0.0319 e. The maximum absolute atomic E-state index is 3.64. The highest BCUT2D eigenvalue weighted by Crippen LogP contribution is 2.23. The maximum atomic E-state index is 3.64. The SMILES string of the molecule is CCNC(Cc1ccc(Br)cc1)C1=CCCCC1. The molecule has 18 heavy (non-hydrogen) atoms. The number of halogens is 1. The first kappa shape index (κ1) is 13.8. The van der Waals surface area contributed by atoms with E-state index in [1.54, 1.807) is 5.57 Å². The van der Waals surface area contributed by atoms with Gasteiger partial charge in [-0.25, -0.2) is 0 Å². The molecule has 2 rings (SSSR count). The Hall–Kier alpha value is -0.600. The summed E-state index contributed by atoms with van der Waals surface area (Å²) in [5, 5.41) is 3.64. The second kappa shape index (κ2) is 7.10. The summed E-state index contributed by atoms with van der Waals surface area (Å²) in [7, 11) is 0. The zero-order valence-electron chi connectivity index (χ0n) is 11.1. The molecule has 1 N–H and O–H groups in total. The van der Waals surface area contributed by atoms with Crippen molar-refractivity contribution in [2.75, 3.05) is 6.54 Å². The smallest absolute Gasteiger partial charge is 0.0319 e. The van der Waals surface area contributed by atoms with Gasteiger partial charge >= 0.3 is 0 Å². The van der Waals surface area contributed by atoms with Crippen molar-refractivity contribution < 1.29 is 0 Å². The Balaban J connectivity index is 2.05. The predicted octanol–water partition coefficient (Wildman–Crippen LogP) is 4.47. The Labute approximate surface area is 119 Å². The third kappa shape index (κ3) is 3.96. The lowest BCUT2D eigenvalue weighted by Gasteiger charge is -2.24. The van der Waals surface area contributed by atoms with Gasteiger partial charge in [-0.3, -0.25) is 0 Å². The van der Waals surface area contributed by atoms with Crippen molar-refractivity contribution in [3.63, 3.8) is 0 Å². The van der Waals surface area contributed by atoms with Gasteiger partial charge in [-0.2, -0.15) is 0 Å². The summed E-state index contributed by atoms with van der Waals surface area (Å²) >= 11 is 3.49. The minimum absolute atomic E-state index is 0.525. The summed E-state index contributed by atoms with van der Waals surface area (Å²) < 4.78 is 1.16. The first-order chi connectivity index (χ1) is 8.79. The van der Waals surface area contributed by atoms with Crippen molar-refractivity contribution in [1.29, 1.82) is 0 Å². The lowest BCUT2D eigenvalue weighted by atomic mass is 9.90. The molecule has 2 heteroatoms. The van der Waals surface area contributed by atoms with E-state index < -0.39 is 0 Å². The second-order valence-electron chi connectivity index (χ2n) is 4.97. The molecular weight excluding hydrogens is 286 g/mol. The number of benzene rings is 1. The summed E-state index contributed by atoms with van der Waals surface area (Å²) in [6.45, 7) is 3.23. The van der Waals surface area contributed by atoms with Gasteiger partial charge in [0.05, 0.1) is 0 Å². The van der Waals surface area contributed by atoms with Crippen LogP contribution >= 0.6 is 15.9 Å². The van der Waals surface area contributed by atoms with Gasteiger partial charge in [0.2, 0.25) is 0 Å². The van der Waals surface area contributed by atoms with E-state index >= 15 is 0 Å². The van der Waals surface area contributed by atoms with Crippen LogP contribution in [0.2, 0.25) is 0 Å². The van der Waals surface area contributed by atoms with Crippen LogP contribution in [-0.4, -0.2) is 12.6 Å². The molecule has 1 atom stereocenters. The topological polar surface area (TPSA) is 12.0 Å². The average molecular weight is 308 g/mol. The summed E-state index contributed by atoms with van der Waals surface area (Å²) in [5.41, 5.74) is 3.03. The third-order valence-corrected chi connectivity index (χ3v) is 4.11. The summed E-state index contributed by atoms with van der Waals surface area (Å²) in [4.78, 5) is 0. The molecule has 0 bridgehead atoms. The molecule has 1 aromatic carbocycles. The molecule has 1 nitrogen and oxygen atoms in total. The van der Waals surface area contributed by atoms with Crippen LogP contribution in [-0.2, 0) is 6.42 Å². The number of nitrogens with one attached hydrogen (secondary N) is 1.